The number of nitrogens with zero attached hydrogens (tertiary/aromatic N) is 2. The molecule has 122 valence electrons. The van der Waals surface area contributed by atoms with E-state index in [4.69, 9.17) is 0 Å². The van der Waals surface area contributed by atoms with Gasteiger partial charge in [0.15, 0.2) is 0 Å². The minimum Gasteiger partial charge on any atom is -0.349 e. The molecule has 0 radical (unpaired) electrons. The number of nitrogens with one attached hydrogen (secondary N) is 1. The summed E-state index contributed by atoms with van der Waals surface area (Å²) >= 11 is 0. The van der Waals surface area contributed by atoms with Gasteiger partial charge in [-0.05, 0) is 48.9 Å². The van der Waals surface area contributed by atoms with Crippen LogP contribution in [0, 0.1) is 6.92 Å². The fraction of sp³-hybridized carbons (Fsp3) is 0.300. The molecule has 3 aromatic rings. The largest absolute Gasteiger partial charge is 0.349 e. The van der Waals surface area contributed by atoms with Crippen LogP contribution in [-0.2, 0) is 0 Å². The minimum absolute atomic E-state index is 0.0921. The maximum Gasteiger partial charge on any atom is 0.270 e. The molecule has 4 nitrogen and oxygen atoms in total. The molecule has 1 aliphatic rings. The number of pyridine rings is 1. The summed E-state index contributed by atoms with van der Waals surface area (Å²) in [4.78, 5) is 22.0. The van der Waals surface area contributed by atoms with Gasteiger partial charge in [-0.3, -0.25) is 9.78 Å². The zero-order valence-electron chi connectivity index (χ0n) is 13.8. The summed E-state index contributed by atoms with van der Waals surface area (Å²) in [6, 6.07) is 12.4. The highest BCUT2D eigenvalue weighted by Gasteiger charge is 2.26. The summed E-state index contributed by atoms with van der Waals surface area (Å²) in [5, 5.41) is 1.03. The van der Waals surface area contributed by atoms with Gasteiger partial charge in [0.05, 0.1) is 11.7 Å². The summed E-state index contributed by atoms with van der Waals surface area (Å²) in [6.07, 6.45) is 5.56. The van der Waals surface area contributed by atoms with Gasteiger partial charge in [0.1, 0.15) is 5.69 Å². The number of H-pyrrole nitrogens is 1. The molecule has 4 rings (SSSR count). The maximum atomic E-state index is 12.8. The molecule has 0 atom stereocenters. The van der Waals surface area contributed by atoms with Crippen molar-refractivity contribution in [2.45, 2.75) is 25.7 Å². The highest BCUT2D eigenvalue weighted by molar-refractivity contribution is 5.97. The van der Waals surface area contributed by atoms with Crippen LogP contribution >= 0.6 is 0 Å². The number of fused-ring (bicyclic) bond motifs is 1. The maximum absolute atomic E-state index is 12.8. The molecule has 1 aliphatic heterocycles. The van der Waals surface area contributed by atoms with Gasteiger partial charge in [-0.25, -0.2) is 0 Å². The van der Waals surface area contributed by atoms with Crippen LogP contribution in [-0.4, -0.2) is 33.9 Å². The Kier molecular flexibility index (Phi) is 3.81. The molecule has 0 bridgehead atoms. The molecule has 3 heterocycles. The highest BCUT2D eigenvalue weighted by Crippen LogP contribution is 2.30. The number of hydrogen-bond acceptors (Lipinski definition) is 2. The lowest BCUT2D eigenvalue weighted by atomic mass is 9.87. The first-order valence-electron chi connectivity index (χ1n) is 8.50. The minimum atomic E-state index is 0.0921. The Labute approximate surface area is 141 Å². The Balaban J connectivity index is 1.47. The third-order valence-electron chi connectivity index (χ3n) is 5.06. The number of aryl methyl sites for hydroxylation is 1. The molecule has 0 spiro atoms. The third-order valence-corrected chi connectivity index (χ3v) is 5.06. The van der Waals surface area contributed by atoms with Crippen molar-refractivity contribution in [1.82, 2.24) is 14.9 Å². The molecular formula is C20H21N3O. The van der Waals surface area contributed by atoms with Crippen LogP contribution in [0.1, 0.15) is 40.4 Å². The van der Waals surface area contributed by atoms with Crippen molar-refractivity contribution in [3.63, 3.8) is 0 Å². The van der Waals surface area contributed by atoms with Crippen molar-refractivity contribution in [3.05, 3.63) is 65.6 Å². The van der Waals surface area contributed by atoms with E-state index in [9.17, 15) is 4.79 Å². The van der Waals surface area contributed by atoms with E-state index in [-0.39, 0.29) is 5.91 Å². The Bertz CT molecular complexity index is 842. The number of amides is 1. The standard InChI is InChI=1S/C20H21N3O/c1-14-4-2-3-5-17(14)15-7-10-23(11-8-15)20(24)18-12-16-6-9-21-13-19(16)22-18/h2-6,9,12-13,15,22H,7-8,10-11H2,1H3. The zero-order valence-corrected chi connectivity index (χ0v) is 13.8. The van der Waals surface area contributed by atoms with Crippen LogP contribution in [0.2, 0.25) is 0 Å². The number of hydrogen-bond donors (Lipinski definition) is 1. The first-order chi connectivity index (χ1) is 11.7. The smallest absolute Gasteiger partial charge is 0.270 e. The lowest BCUT2D eigenvalue weighted by molar-refractivity contribution is 0.0708. The lowest BCUT2D eigenvalue weighted by Crippen LogP contribution is -2.38. The predicted octanol–water partition coefficient (Wildman–Crippen LogP) is 3.89. The van der Waals surface area contributed by atoms with E-state index in [2.05, 4.69) is 41.2 Å². The molecule has 24 heavy (non-hydrogen) atoms. The van der Waals surface area contributed by atoms with Gasteiger partial charge in [0.25, 0.3) is 5.91 Å². The summed E-state index contributed by atoms with van der Waals surface area (Å²) in [7, 11) is 0. The quantitative estimate of drug-likeness (QED) is 0.779. The SMILES string of the molecule is Cc1ccccc1C1CCN(C(=O)c2cc3ccncc3[nH]2)CC1. The second-order valence-corrected chi connectivity index (χ2v) is 6.57. The van der Waals surface area contributed by atoms with Gasteiger partial charge in [-0.2, -0.15) is 0 Å². The van der Waals surface area contributed by atoms with E-state index in [1.165, 1.54) is 11.1 Å². The normalized spacial score (nSPS) is 15.8. The van der Waals surface area contributed by atoms with Crippen LogP contribution in [0.25, 0.3) is 10.9 Å². The zero-order chi connectivity index (χ0) is 16.5. The second-order valence-electron chi connectivity index (χ2n) is 6.57. The second kappa shape index (κ2) is 6.11. The first kappa shape index (κ1) is 14.9. The monoisotopic (exact) mass is 319 g/mol. The number of rotatable bonds is 2. The average molecular weight is 319 g/mol. The third kappa shape index (κ3) is 2.68. The number of carbonyl (C=O) groups is 1. The van der Waals surface area contributed by atoms with Crippen LogP contribution in [0.4, 0.5) is 0 Å². The molecule has 1 aromatic carbocycles. The Morgan fingerprint density at radius 2 is 2.00 bits per heavy atom. The molecule has 4 heteroatoms. The predicted molar refractivity (Wildman–Crippen MR) is 95.2 cm³/mol. The number of piperidine rings is 1. The first-order valence-corrected chi connectivity index (χ1v) is 8.50. The molecular weight excluding hydrogens is 298 g/mol. The number of benzene rings is 1. The molecule has 0 saturated carbocycles. The molecule has 0 unspecified atom stereocenters. The van der Waals surface area contributed by atoms with Gasteiger partial charge in [-0.15, -0.1) is 0 Å². The highest BCUT2D eigenvalue weighted by atomic mass is 16.2. The average Bonchev–Trinajstić information content (AvgIpc) is 3.06. The van der Waals surface area contributed by atoms with Crippen molar-refractivity contribution in [2.24, 2.45) is 0 Å². The molecule has 2 aromatic heterocycles. The van der Waals surface area contributed by atoms with E-state index in [0.717, 1.165) is 36.8 Å². The summed E-state index contributed by atoms with van der Waals surface area (Å²) in [5.41, 5.74) is 4.36. The number of aromatic nitrogens is 2. The topological polar surface area (TPSA) is 49.0 Å². The Morgan fingerprint density at radius 3 is 2.75 bits per heavy atom. The number of aromatic amines is 1. The fourth-order valence-electron chi connectivity index (χ4n) is 3.70. The van der Waals surface area contributed by atoms with Crippen molar-refractivity contribution in [3.8, 4) is 0 Å². The van der Waals surface area contributed by atoms with Crippen LogP contribution < -0.4 is 0 Å². The Hall–Kier alpha value is -2.62. The van der Waals surface area contributed by atoms with E-state index < -0.39 is 0 Å². The van der Waals surface area contributed by atoms with E-state index in [1.807, 2.05) is 17.0 Å². The van der Waals surface area contributed by atoms with Crippen LogP contribution in [0.15, 0.2) is 48.8 Å². The van der Waals surface area contributed by atoms with Crippen molar-refractivity contribution < 1.29 is 4.79 Å². The molecule has 1 saturated heterocycles. The number of likely N-dealkylation sites (tertiary alicyclic amines) is 1. The molecule has 1 N–H and O–H groups in total. The van der Waals surface area contributed by atoms with Crippen LogP contribution in [0.5, 0.6) is 0 Å². The van der Waals surface area contributed by atoms with Crippen molar-refractivity contribution in [1.29, 1.82) is 0 Å². The van der Waals surface area contributed by atoms with Gasteiger partial charge in [0, 0.05) is 24.7 Å². The molecule has 0 aliphatic carbocycles. The van der Waals surface area contributed by atoms with E-state index in [1.54, 1.807) is 12.4 Å². The molecule has 1 amide bonds. The van der Waals surface area contributed by atoms with Gasteiger partial charge >= 0.3 is 0 Å². The summed E-state index contributed by atoms with van der Waals surface area (Å²) < 4.78 is 0. The van der Waals surface area contributed by atoms with Crippen molar-refractivity contribution >= 4 is 16.8 Å². The van der Waals surface area contributed by atoms with Crippen LogP contribution in [0.3, 0.4) is 0 Å². The van der Waals surface area contributed by atoms with Gasteiger partial charge in [0.2, 0.25) is 0 Å². The van der Waals surface area contributed by atoms with Gasteiger partial charge < -0.3 is 9.88 Å². The number of carbonyl (C=O) groups excluding carboxylic acids is 1. The summed E-state index contributed by atoms with van der Waals surface area (Å²) in [6.45, 7) is 3.79. The van der Waals surface area contributed by atoms with Gasteiger partial charge in [-0.1, -0.05) is 24.3 Å². The summed E-state index contributed by atoms with van der Waals surface area (Å²) in [5.74, 6) is 0.650. The van der Waals surface area contributed by atoms with Crippen molar-refractivity contribution in [2.75, 3.05) is 13.1 Å². The van der Waals surface area contributed by atoms with E-state index >= 15 is 0 Å². The fourth-order valence-corrected chi connectivity index (χ4v) is 3.70. The van der Waals surface area contributed by atoms with E-state index in [0.29, 0.717) is 11.6 Å². The Morgan fingerprint density at radius 1 is 1.21 bits per heavy atom. The lowest BCUT2D eigenvalue weighted by Gasteiger charge is -2.32. The molecule has 1 fully saturated rings.